The van der Waals surface area contributed by atoms with Crippen LogP contribution < -0.4 is 15.1 Å². The van der Waals surface area contributed by atoms with E-state index in [2.05, 4.69) is 21.2 Å². The molecule has 6 rings (SSSR count). The Balaban J connectivity index is 1.40. The first-order valence-corrected chi connectivity index (χ1v) is 15.2. The maximum Gasteiger partial charge on any atom is 0.416 e. The molecule has 14 heteroatoms. The Labute approximate surface area is 258 Å². The van der Waals surface area contributed by atoms with E-state index in [1.807, 2.05) is 0 Å². The third-order valence-corrected chi connectivity index (χ3v) is 10.3. The zero-order valence-corrected chi connectivity index (χ0v) is 24.9. The number of imide groups is 1. The molecular weight excluding hydrogens is 671 g/mol. The topological polar surface area (TPSA) is 109 Å². The number of phenols is 1. The molecule has 0 spiro atoms. The van der Waals surface area contributed by atoms with Crippen molar-refractivity contribution in [2.75, 3.05) is 10.2 Å². The molecule has 3 atom stereocenters. The lowest BCUT2D eigenvalue weighted by Gasteiger charge is -2.30. The summed E-state index contributed by atoms with van der Waals surface area (Å²) >= 11 is 5.20. The summed E-state index contributed by atoms with van der Waals surface area (Å²) in [6, 6.07) is 16.8. The van der Waals surface area contributed by atoms with Gasteiger partial charge in [-0.1, -0.05) is 57.2 Å². The van der Waals surface area contributed by atoms with E-state index < -0.39 is 51.4 Å². The quantitative estimate of drug-likeness (QED) is 0.202. The number of phenolic OH excluding ortho intramolecular Hbond substituents is 1. The minimum atomic E-state index is -4.68. The van der Waals surface area contributed by atoms with Crippen molar-refractivity contribution in [1.29, 1.82) is 0 Å². The van der Waals surface area contributed by atoms with Gasteiger partial charge in [-0.3, -0.25) is 23.7 Å². The lowest BCUT2D eigenvalue weighted by molar-refractivity contribution is -0.137. The maximum atomic E-state index is 13.9. The molecule has 0 bridgehead atoms. The van der Waals surface area contributed by atoms with Crippen LogP contribution in [0.1, 0.15) is 21.9 Å². The zero-order valence-electron chi connectivity index (χ0n) is 21.7. The highest BCUT2D eigenvalue weighted by Gasteiger charge is 2.57. The summed E-state index contributed by atoms with van der Waals surface area (Å²) in [7, 11) is 0. The molecule has 220 valence electrons. The van der Waals surface area contributed by atoms with Crippen LogP contribution in [0.25, 0.3) is 0 Å². The first kappa shape index (κ1) is 29.2. The number of hydrogen-bond donors (Lipinski definition) is 2. The highest BCUT2D eigenvalue weighted by atomic mass is 79.9. The van der Waals surface area contributed by atoms with E-state index in [4.69, 9.17) is 0 Å². The van der Waals surface area contributed by atoms with Crippen molar-refractivity contribution in [3.05, 3.63) is 103 Å². The number of fused-ring (bicyclic) bond motifs is 2. The van der Waals surface area contributed by atoms with Gasteiger partial charge in [0.25, 0.3) is 0 Å². The average Bonchev–Trinajstić information content (AvgIpc) is 3.40. The minimum absolute atomic E-state index is 0.0148. The fourth-order valence-corrected chi connectivity index (χ4v) is 8.29. The van der Waals surface area contributed by atoms with Gasteiger partial charge in [0.2, 0.25) is 17.7 Å². The first-order chi connectivity index (χ1) is 20.4. The Morgan fingerprint density at radius 2 is 1.67 bits per heavy atom. The molecule has 0 aliphatic carbocycles. The van der Waals surface area contributed by atoms with E-state index in [0.29, 0.717) is 21.2 Å². The third-order valence-electron chi connectivity index (χ3n) is 7.16. The molecule has 4 aromatic rings. The van der Waals surface area contributed by atoms with Gasteiger partial charge in [-0.05, 0) is 60.2 Å². The third kappa shape index (κ3) is 5.38. The Kier molecular flexibility index (Phi) is 7.47. The number of nitrogens with one attached hydrogen (secondary N) is 1. The second-order valence-corrected chi connectivity index (χ2v) is 12.9. The number of hydrogen-bond acceptors (Lipinski definition) is 7. The number of anilines is 2. The Morgan fingerprint density at radius 1 is 0.977 bits per heavy atom. The average molecular weight is 691 g/mol. The number of benzene rings is 3. The molecule has 0 radical (unpaired) electrons. The van der Waals surface area contributed by atoms with Gasteiger partial charge in [0, 0.05) is 21.0 Å². The lowest BCUT2D eigenvalue weighted by Crippen LogP contribution is -2.33. The van der Waals surface area contributed by atoms with Gasteiger partial charge in [-0.25, -0.2) is 4.90 Å². The molecule has 8 nitrogen and oxygen atoms in total. The van der Waals surface area contributed by atoms with Gasteiger partial charge in [0.1, 0.15) is 17.5 Å². The van der Waals surface area contributed by atoms with Crippen molar-refractivity contribution in [1.82, 2.24) is 4.57 Å². The van der Waals surface area contributed by atoms with Crippen LogP contribution >= 0.6 is 39.0 Å². The van der Waals surface area contributed by atoms with Crippen molar-refractivity contribution in [2.24, 2.45) is 5.92 Å². The maximum absolute atomic E-state index is 13.9. The Morgan fingerprint density at radius 3 is 2.35 bits per heavy atom. The van der Waals surface area contributed by atoms with E-state index in [1.54, 1.807) is 24.3 Å². The lowest BCUT2D eigenvalue weighted by atomic mass is 9.83. The Bertz CT molecular complexity index is 1820. The molecule has 2 N–H and O–H groups in total. The van der Waals surface area contributed by atoms with Crippen LogP contribution in [-0.2, 0) is 27.1 Å². The zero-order chi connectivity index (χ0) is 30.6. The molecule has 1 fully saturated rings. The summed E-state index contributed by atoms with van der Waals surface area (Å²) in [6.45, 7) is -0.386. The highest BCUT2D eigenvalue weighted by molar-refractivity contribution is 9.10. The molecule has 1 saturated heterocycles. The molecule has 0 saturated carbocycles. The van der Waals surface area contributed by atoms with Gasteiger partial charge in [-0.15, -0.1) is 0 Å². The minimum Gasteiger partial charge on any atom is -0.508 e. The van der Waals surface area contributed by atoms with E-state index in [0.717, 1.165) is 50.7 Å². The first-order valence-electron chi connectivity index (χ1n) is 12.7. The standard InChI is InChI=1S/C29H19BrF3N3O5S2/c30-16-6-4-14(5-7-16)21-22-23(26(40)36(25(22)39)18-3-1-2-15(12-18)29(31,32)33)42-27-24(21)43-28(41)35(27)13-20(38)34-17-8-10-19(37)11-9-17/h1-12,21-23,37H,13H2,(H,34,38)/t21-,22?,23?/m1/s1. The van der Waals surface area contributed by atoms with Crippen LogP contribution in [0.15, 0.2) is 87.1 Å². The van der Waals surface area contributed by atoms with Crippen LogP contribution in [0.3, 0.4) is 0 Å². The molecule has 2 aliphatic rings. The van der Waals surface area contributed by atoms with E-state index in [9.17, 15) is 37.5 Å². The summed E-state index contributed by atoms with van der Waals surface area (Å²) in [6.07, 6.45) is -4.68. The second kappa shape index (κ2) is 11.0. The summed E-state index contributed by atoms with van der Waals surface area (Å²) in [5, 5.41) is 11.4. The molecule has 3 aromatic carbocycles. The number of alkyl halides is 3. The molecule has 2 aliphatic heterocycles. The molecule has 3 amide bonds. The summed E-state index contributed by atoms with van der Waals surface area (Å²) < 4.78 is 42.4. The van der Waals surface area contributed by atoms with Crippen molar-refractivity contribution < 1.29 is 32.7 Å². The SMILES string of the molecule is O=C(Cn1c2c(sc1=O)[C@H](c1ccc(Br)cc1)C1C(=O)N(c3cccc(C(F)(F)F)c3)C(=O)C1S2)Nc1ccc(O)cc1. The van der Waals surface area contributed by atoms with Crippen LogP contribution in [0, 0.1) is 5.92 Å². The Hall–Kier alpha value is -3.88. The number of nitrogens with zero attached hydrogens (tertiary/aromatic N) is 2. The fraction of sp³-hybridized carbons (Fsp3) is 0.172. The normalized spacial score (nSPS) is 19.7. The van der Waals surface area contributed by atoms with E-state index in [-0.39, 0.29) is 18.0 Å². The number of carbonyl (C=O) groups is 3. The van der Waals surface area contributed by atoms with Crippen molar-refractivity contribution >= 4 is 68.1 Å². The second-order valence-electron chi connectivity index (χ2n) is 9.87. The van der Waals surface area contributed by atoms with E-state index in [1.165, 1.54) is 34.9 Å². The van der Waals surface area contributed by atoms with E-state index >= 15 is 0 Å². The van der Waals surface area contributed by atoms with Gasteiger partial charge in [0.05, 0.1) is 22.2 Å². The largest absolute Gasteiger partial charge is 0.508 e. The van der Waals surface area contributed by atoms with Gasteiger partial charge in [0.15, 0.2) is 0 Å². The predicted molar refractivity (Wildman–Crippen MR) is 158 cm³/mol. The van der Waals surface area contributed by atoms with Crippen molar-refractivity contribution in [2.45, 2.75) is 28.9 Å². The molecule has 43 heavy (non-hydrogen) atoms. The molecular formula is C29H19BrF3N3O5S2. The smallest absolute Gasteiger partial charge is 0.416 e. The fourth-order valence-electron chi connectivity index (χ4n) is 5.25. The number of halogens is 4. The van der Waals surface area contributed by atoms with Crippen molar-refractivity contribution in [3.63, 3.8) is 0 Å². The molecule has 1 aromatic heterocycles. The number of aromatic nitrogens is 1. The van der Waals surface area contributed by atoms with Crippen molar-refractivity contribution in [3.8, 4) is 5.75 Å². The number of carbonyl (C=O) groups excluding carboxylic acids is 3. The number of rotatable bonds is 5. The number of aromatic hydroxyl groups is 1. The van der Waals surface area contributed by atoms with Crippen LogP contribution in [0.2, 0.25) is 0 Å². The summed E-state index contributed by atoms with van der Waals surface area (Å²) in [4.78, 5) is 54.7. The van der Waals surface area contributed by atoms with Gasteiger partial charge in [-0.2, -0.15) is 13.2 Å². The summed E-state index contributed by atoms with van der Waals surface area (Å²) in [5.74, 6) is -3.65. The van der Waals surface area contributed by atoms with Crippen LogP contribution in [-0.4, -0.2) is 32.6 Å². The molecule has 3 heterocycles. The highest BCUT2D eigenvalue weighted by Crippen LogP contribution is 2.54. The predicted octanol–water partition coefficient (Wildman–Crippen LogP) is 5.83. The number of amides is 3. The molecule has 2 unspecified atom stereocenters. The number of thiazole rings is 1. The van der Waals surface area contributed by atoms with Crippen LogP contribution in [0.5, 0.6) is 5.75 Å². The van der Waals surface area contributed by atoms with Crippen LogP contribution in [0.4, 0.5) is 24.5 Å². The van der Waals surface area contributed by atoms with Gasteiger partial charge >= 0.3 is 11.0 Å². The number of thioether (sulfide) groups is 1. The van der Waals surface area contributed by atoms with Gasteiger partial charge < -0.3 is 10.4 Å². The monoisotopic (exact) mass is 689 g/mol. The summed E-state index contributed by atoms with van der Waals surface area (Å²) in [5.41, 5.74) is -0.156.